The third kappa shape index (κ3) is 3.95. The van der Waals surface area contributed by atoms with Gasteiger partial charge in [-0.3, -0.25) is 9.59 Å². The van der Waals surface area contributed by atoms with Crippen LogP contribution < -0.4 is 5.32 Å². The highest BCUT2D eigenvalue weighted by Gasteiger charge is 2.65. The molecule has 6 nitrogen and oxygen atoms in total. The van der Waals surface area contributed by atoms with Crippen LogP contribution in [0.2, 0.25) is 0 Å². The van der Waals surface area contributed by atoms with Gasteiger partial charge in [0, 0.05) is 19.8 Å². The van der Waals surface area contributed by atoms with Gasteiger partial charge in [0.25, 0.3) is 0 Å². The molecule has 6 heteroatoms. The van der Waals surface area contributed by atoms with Crippen LogP contribution in [0.3, 0.4) is 0 Å². The average molecular weight is 299 g/mol. The van der Waals surface area contributed by atoms with E-state index in [0.717, 1.165) is 25.9 Å². The molecule has 120 valence electrons. The Morgan fingerprint density at radius 1 is 1.38 bits per heavy atom. The van der Waals surface area contributed by atoms with E-state index < -0.39 is 23.2 Å². The lowest BCUT2D eigenvalue weighted by Crippen LogP contribution is -2.29. The third-order valence-corrected chi connectivity index (χ3v) is 4.47. The molecule has 21 heavy (non-hydrogen) atoms. The van der Waals surface area contributed by atoms with Crippen LogP contribution in [0, 0.1) is 17.3 Å². The van der Waals surface area contributed by atoms with E-state index in [9.17, 15) is 9.59 Å². The minimum absolute atomic E-state index is 0.161. The largest absolute Gasteiger partial charge is 0.481 e. The van der Waals surface area contributed by atoms with E-state index in [2.05, 4.69) is 5.32 Å². The number of carboxylic acid groups (broad SMARTS) is 1. The summed E-state index contributed by atoms with van der Waals surface area (Å²) in [7, 11) is 0. The van der Waals surface area contributed by atoms with Crippen molar-refractivity contribution in [2.75, 3.05) is 26.4 Å². The summed E-state index contributed by atoms with van der Waals surface area (Å²) in [6, 6.07) is 0. The molecule has 1 aliphatic carbocycles. The van der Waals surface area contributed by atoms with Gasteiger partial charge >= 0.3 is 5.97 Å². The van der Waals surface area contributed by atoms with E-state index in [-0.39, 0.29) is 12.0 Å². The molecule has 0 aromatic heterocycles. The normalized spacial score (nSPS) is 30.1. The first kappa shape index (κ1) is 16.2. The second-order valence-electron chi connectivity index (χ2n) is 6.47. The van der Waals surface area contributed by atoms with Gasteiger partial charge in [0.15, 0.2) is 0 Å². The number of rotatable bonds is 8. The molecule has 3 atom stereocenters. The fourth-order valence-corrected chi connectivity index (χ4v) is 3.07. The maximum Gasteiger partial charge on any atom is 0.307 e. The molecule has 0 bridgehead atoms. The summed E-state index contributed by atoms with van der Waals surface area (Å²) >= 11 is 0. The Hall–Kier alpha value is -1.14. The SMILES string of the molecule is CC1(C)C(C(=O)O)C1C(=O)NCCCOCC1CCCO1. The molecule has 0 aromatic carbocycles. The van der Waals surface area contributed by atoms with E-state index in [1.807, 2.05) is 13.8 Å². The monoisotopic (exact) mass is 299 g/mol. The molecule has 3 unspecified atom stereocenters. The molecular weight excluding hydrogens is 274 g/mol. The van der Waals surface area contributed by atoms with Gasteiger partial charge in [-0.1, -0.05) is 13.8 Å². The van der Waals surface area contributed by atoms with E-state index in [0.29, 0.717) is 19.8 Å². The summed E-state index contributed by atoms with van der Waals surface area (Å²) in [5.74, 6) is -2.03. The van der Waals surface area contributed by atoms with Gasteiger partial charge in [0.2, 0.25) is 5.91 Å². The van der Waals surface area contributed by atoms with Crippen molar-refractivity contribution in [3.63, 3.8) is 0 Å². The molecule has 1 aliphatic heterocycles. The third-order valence-electron chi connectivity index (χ3n) is 4.47. The van der Waals surface area contributed by atoms with Crippen LogP contribution in [0.5, 0.6) is 0 Å². The molecule has 1 saturated carbocycles. The first-order chi connectivity index (χ1) is 9.94. The lowest BCUT2D eigenvalue weighted by molar-refractivity contribution is -0.140. The number of ether oxygens (including phenoxy) is 2. The Bertz CT molecular complexity index is 390. The Kier molecular flexibility index (Phi) is 5.22. The van der Waals surface area contributed by atoms with Gasteiger partial charge < -0.3 is 19.9 Å². The first-order valence-electron chi connectivity index (χ1n) is 7.64. The maximum atomic E-state index is 11.9. The summed E-state index contributed by atoms with van der Waals surface area (Å²) in [4.78, 5) is 23.0. The zero-order valence-corrected chi connectivity index (χ0v) is 12.8. The summed E-state index contributed by atoms with van der Waals surface area (Å²) in [5.41, 5.74) is -0.438. The van der Waals surface area contributed by atoms with E-state index in [4.69, 9.17) is 14.6 Å². The van der Waals surface area contributed by atoms with Gasteiger partial charge in [0.05, 0.1) is 24.5 Å². The topological polar surface area (TPSA) is 84.9 Å². The van der Waals surface area contributed by atoms with Crippen LogP contribution in [-0.2, 0) is 19.1 Å². The standard InChI is InChI=1S/C15H25NO5/c1-15(2)11(12(15)14(18)19)13(17)16-6-4-7-20-9-10-5-3-8-21-10/h10-12H,3-9H2,1-2H3,(H,16,17)(H,18,19). The molecule has 2 fully saturated rings. The number of hydrogen-bond donors (Lipinski definition) is 2. The van der Waals surface area contributed by atoms with Crippen molar-refractivity contribution in [2.45, 2.75) is 39.2 Å². The van der Waals surface area contributed by atoms with E-state index in [1.54, 1.807) is 0 Å². The highest BCUT2D eigenvalue weighted by atomic mass is 16.5. The first-order valence-corrected chi connectivity index (χ1v) is 7.64. The molecule has 2 aliphatic rings. The number of aliphatic carboxylic acids is 1. The van der Waals surface area contributed by atoms with Crippen LogP contribution in [0.1, 0.15) is 33.1 Å². The second kappa shape index (κ2) is 6.75. The highest BCUT2D eigenvalue weighted by molar-refractivity contribution is 5.91. The predicted octanol–water partition coefficient (Wildman–Crippen LogP) is 1.05. The smallest absolute Gasteiger partial charge is 0.307 e. The van der Waals surface area contributed by atoms with Crippen LogP contribution in [0.4, 0.5) is 0 Å². The Labute approximate surface area is 125 Å². The van der Waals surface area contributed by atoms with Crippen molar-refractivity contribution in [2.24, 2.45) is 17.3 Å². The van der Waals surface area contributed by atoms with Gasteiger partial charge in [-0.2, -0.15) is 0 Å². The molecule has 0 spiro atoms. The quantitative estimate of drug-likeness (QED) is 0.654. The van der Waals surface area contributed by atoms with Crippen molar-refractivity contribution in [1.82, 2.24) is 5.32 Å². The summed E-state index contributed by atoms with van der Waals surface area (Å²) in [5, 5.41) is 11.8. The van der Waals surface area contributed by atoms with Gasteiger partial charge in [-0.05, 0) is 24.7 Å². The molecule has 1 saturated heterocycles. The summed E-state index contributed by atoms with van der Waals surface area (Å²) in [6.07, 6.45) is 3.11. The molecule has 2 N–H and O–H groups in total. The number of carboxylic acids is 1. The summed E-state index contributed by atoms with van der Waals surface area (Å²) in [6.45, 7) is 6.18. The fourth-order valence-electron chi connectivity index (χ4n) is 3.07. The number of carbonyl (C=O) groups excluding carboxylic acids is 1. The molecule has 2 rings (SSSR count). The van der Waals surface area contributed by atoms with Crippen LogP contribution in [0.15, 0.2) is 0 Å². The zero-order valence-electron chi connectivity index (χ0n) is 12.8. The minimum Gasteiger partial charge on any atom is -0.481 e. The predicted molar refractivity (Wildman–Crippen MR) is 75.8 cm³/mol. The number of nitrogens with one attached hydrogen (secondary N) is 1. The molecule has 0 radical (unpaired) electrons. The lowest BCUT2D eigenvalue weighted by Gasteiger charge is -2.10. The second-order valence-corrected chi connectivity index (χ2v) is 6.47. The van der Waals surface area contributed by atoms with Crippen molar-refractivity contribution < 1.29 is 24.2 Å². The molecule has 1 amide bonds. The van der Waals surface area contributed by atoms with Crippen LogP contribution in [-0.4, -0.2) is 49.5 Å². The van der Waals surface area contributed by atoms with Crippen molar-refractivity contribution in [1.29, 1.82) is 0 Å². The van der Waals surface area contributed by atoms with Crippen LogP contribution >= 0.6 is 0 Å². The maximum absolute atomic E-state index is 11.9. The summed E-state index contributed by atoms with van der Waals surface area (Å²) < 4.78 is 10.9. The number of hydrogen-bond acceptors (Lipinski definition) is 4. The van der Waals surface area contributed by atoms with Gasteiger partial charge in [0.1, 0.15) is 0 Å². The number of carbonyl (C=O) groups is 2. The van der Waals surface area contributed by atoms with Gasteiger partial charge in [-0.25, -0.2) is 0 Å². The van der Waals surface area contributed by atoms with Crippen molar-refractivity contribution >= 4 is 11.9 Å². The van der Waals surface area contributed by atoms with Crippen molar-refractivity contribution in [3.05, 3.63) is 0 Å². The minimum atomic E-state index is -0.889. The average Bonchev–Trinajstić information content (AvgIpc) is 2.76. The Balaban J connectivity index is 1.54. The van der Waals surface area contributed by atoms with Crippen molar-refractivity contribution in [3.8, 4) is 0 Å². The lowest BCUT2D eigenvalue weighted by atomic mass is 10.1. The van der Waals surface area contributed by atoms with E-state index >= 15 is 0 Å². The molecule has 1 heterocycles. The molecular formula is C15H25NO5. The number of amides is 1. The Morgan fingerprint density at radius 2 is 2.14 bits per heavy atom. The molecule has 0 aromatic rings. The van der Waals surface area contributed by atoms with Gasteiger partial charge in [-0.15, -0.1) is 0 Å². The van der Waals surface area contributed by atoms with E-state index in [1.165, 1.54) is 0 Å². The Morgan fingerprint density at radius 3 is 2.71 bits per heavy atom. The fraction of sp³-hybridized carbons (Fsp3) is 0.867. The zero-order chi connectivity index (χ0) is 15.5. The highest BCUT2D eigenvalue weighted by Crippen LogP contribution is 2.58. The van der Waals surface area contributed by atoms with Crippen LogP contribution in [0.25, 0.3) is 0 Å².